The molecule has 0 saturated carbocycles. The van der Waals surface area contributed by atoms with Crippen molar-refractivity contribution in [2.75, 3.05) is 0 Å². The van der Waals surface area contributed by atoms with Gasteiger partial charge in [-0.25, -0.2) is 0 Å². The van der Waals surface area contributed by atoms with Crippen LogP contribution >= 0.6 is 0 Å². The molecular formula is C8H9N3O2. The van der Waals surface area contributed by atoms with Gasteiger partial charge < -0.3 is 5.73 Å². The second kappa shape index (κ2) is 4.72. The summed E-state index contributed by atoms with van der Waals surface area (Å²) in [4.78, 5) is 9.45. The van der Waals surface area contributed by atoms with Crippen LogP contribution in [-0.4, -0.2) is 4.92 Å². The number of nitrogens with two attached hydrogens (primary N) is 1. The average molecular weight is 179 g/mol. The van der Waals surface area contributed by atoms with E-state index in [1.165, 1.54) is 13.0 Å². The summed E-state index contributed by atoms with van der Waals surface area (Å²) in [7, 11) is 0. The van der Waals surface area contributed by atoms with Crippen LogP contribution in [0, 0.1) is 21.4 Å². The topological polar surface area (TPSA) is 93.0 Å². The minimum atomic E-state index is -0.633. The summed E-state index contributed by atoms with van der Waals surface area (Å²) in [5.74, 6) is 0. The number of nitro groups is 1. The molecule has 0 saturated heterocycles. The molecule has 0 aliphatic heterocycles. The highest BCUT2D eigenvalue weighted by Gasteiger charge is 2.00. The summed E-state index contributed by atoms with van der Waals surface area (Å²) in [6.45, 7) is 4.69. The fourth-order valence-corrected chi connectivity index (χ4v) is 0.436. The van der Waals surface area contributed by atoms with Crippen LogP contribution in [-0.2, 0) is 0 Å². The Labute approximate surface area is 75.6 Å². The second-order valence-electron chi connectivity index (χ2n) is 2.27. The first kappa shape index (κ1) is 10.9. The molecule has 13 heavy (non-hydrogen) atoms. The summed E-state index contributed by atoms with van der Waals surface area (Å²) < 4.78 is 0. The highest BCUT2D eigenvalue weighted by atomic mass is 16.6. The minimum absolute atomic E-state index is 0.200. The van der Waals surface area contributed by atoms with Crippen molar-refractivity contribution in [2.24, 2.45) is 5.73 Å². The number of nitrogens with zero attached hydrogens (tertiary/aromatic N) is 2. The van der Waals surface area contributed by atoms with Gasteiger partial charge in [0.05, 0.1) is 11.0 Å². The molecule has 0 heterocycles. The van der Waals surface area contributed by atoms with E-state index in [1.54, 1.807) is 0 Å². The Hall–Kier alpha value is -2.09. The summed E-state index contributed by atoms with van der Waals surface area (Å²) >= 11 is 0. The van der Waals surface area contributed by atoms with Crippen molar-refractivity contribution in [2.45, 2.75) is 6.92 Å². The van der Waals surface area contributed by atoms with Crippen molar-refractivity contribution in [1.29, 1.82) is 5.26 Å². The van der Waals surface area contributed by atoms with Gasteiger partial charge in [-0.05, 0) is 19.6 Å². The minimum Gasteiger partial charge on any atom is -0.398 e. The van der Waals surface area contributed by atoms with Crippen LogP contribution in [0.1, 0.15) is 6.92 Å². The molecule has 0 radical (unpaired) electrons. The molecule has 0 aromatic carbocycles. The third kappa shape index (κ3) is 3.72. The van der Waals surface area contributed by atoms with Gasteiger partial charge in [0.25, 0.3) is 5.70 Å². The Kier molecular flexibility index (Phi) is 3.96. The molecule has 0 aromatic heterocycles. The molecule has 5 heteroatoms. The van der Waals surface area contributed by atoms with E-state index in [2.05, 4.69) is 6.58 Å². The van der Waals surface area contributed by atoms with Crippen molar-refractivity contribution in [1.82, 2.24) is 0 Å². The van der Waals surface area contributed by atoms with Crippen LogP contribution in [0.4, 0.5) is 0 Å². The van der Waals surface area contributed by atoms with Crippen LogP contribution in [0.2, 0.25) is 0 Å². The van der Waals surface area contributed by atoms with Crippen LogP contribution in [0.25, 0.3) is 0 Å². The molecule has 0 atom stereocenters. The maximum absolute atomic E-state index is 10.1. The molecule has 0 spiro atoms. The molecular weight excluding hydrogens is 170 g/mol. The van der Waals surface area contributed by atoms with Crippen molar-refractivity contribution in [3.05, 3.63) is 45.8 Å². The predicted molar refractivity (Wildman–Crippen MR) is 47.8 cm³/mol. The molecule has 0 unspecified atom stereocenters. The number of nitriles is 1. The van der Waals surface area contributed by atoms with Crippen LogP contribution < -0.4 is 5.73 Å². The smallest absolute Gasteiger partial charge is 0.262 e. The third-order valence-electron chi connectivity index (χ3n) is 1.29. The zero-order chi connectivity index (χ0) is 10.4. The highest BCUT2D eigenvalue weighted by molar-refractivity contribution is 5.32. The summed E-state index contributed by atoms with van der Waals surface area (Å²) in [6.07, 6.45) is 2.43. The van der Waals surface area contributed by atoms with E-state index in [4.69, 9.17) is 11.0 Å². The first-order valence-corrected chi connectivity index (χ1v) is 3.37. The maximum atomic E-state index is 10.1. The van der Waals surface area contributed by atoms with Crippen LogP contribution in [0.3, 0.4) is 0 Å². The Morgan fingerprint density at radius 3 is 2.62 bits per heavy atom. The van der Waals surface area contributed by atoms with E-state index in [0.29, 0.717) is 5.57 Å². The Bertz CT molecular complexity index is 334. The molecule has 0 bridgehead atoms. The lowest BCUT2D eigenvalue weighted by atomic mass is 10.2. The Balaban J connectivity index is 4.57. The quantitative estimate of drug-likeness (QED) is 0.303. The number of hydrogen-bond acceptors (Lipinski definition) is 4. The van der Waals surface area contributed by atoms with E-state index in [-0.39, 0.29) is 11.4 Å². The molecule has 5 nitrogen and oxygen atoms in total. The Morgan fingerprint density at radius 1 is 1.69 bits per heavy atom. The van der Waals surface area contributed by atoms with Crippen molar-refractivity contribution in [3.8, 4) is 6.07 Å². The number of allylic oxidation sites excluding steroid dienone is 3. The molecule has 0 aliphatic carbocycles. The highest BCUT2D eigenvalue weighted by Crippen LogP contribution is 2.00. The molecule has 0 rings (SSSR count). The normalized spacial score (nSPS) is 12.0. The maximum Gasteiger partial charge on any atom is 0.262 e. The first-order valence-electron chi connectivity index (χ1n) is 3.37. The van der Waals surface area contributed by atoms with Gasteiger partial charge in [-0.3, -0.25) is 10.1 Å². The fraction of sp³-hybridized carbons (Fsp3) is 0.125. The van der Waals surface area contributed by atoms with E-state index in [0.717, 1.165) is 6.08 Å². The van der Waals surface area contributed by atoms with Gasteiger partial charge in [-0.2, -0.15) is 5.26 Å². The van der Waals surface area contributed by atoms with E-state index < -0.39 is 4.92 Å². The van der Waals surface area contributed by atoms with Crippen molar-refractivity contribution >= 4 is 0 Å². The third-order valence-corrected chi connectivity index (χ3v) is 1.29. The standard InChI is InChI=1S/C8H9N3O2/c1-6(5-9)8(10)4-3-7(2)11(12)13/h3-4H,2,10H2,1H3/b4-3-,8-6-. The van der Waals surface area contributed by atoms with Gasteiger partial charge in [-0.15, -0.1) is 0 Å². The van der Waals surface area contributed by atoms with E-state index in [1.807, 2.05) is 6.07 Å². The first-order chi connectivity index (χ1) is 5.99. The number of hydrogen-bond donors (Lipinski definition) is 1. The lowest BCUT2D eigenvalue weighted by molar-refractivity contribution is -0.418. The summed E-state index contributed by atoms with van der Waals surface area (Å²) in [5.41, 5.74) is 5.62. The summed E-state index contributed by atoms with van der Waals surface area (Å²) in [6, 6.07) is 1.82. The molecule has 0 aromatic rings. The monoisotopic (exact) mass is 179 g/mol. The fourth-order valence-electron chi connectivity index (χ4n) is 0.436. The average Bonchev–Trinajstić information content (AvgIpc) is 2.11. The van der Waals surface area contributed by atoms with Gasteiger partial charge in [0, 0.05) is 17.3 Å². The lowest BCUT2D eigenvalue weighted by Gasteiger charge is -1.92. The largest absolute Gasteiger partial charge is 0.398 e. The molecule has 68 valence electrons. The molecule has 2 N–H and O–H groups in total. The second-order valence-corrected chi connectivity index (χ2v) is 2.27. The molecule has 0 amide bonds. The van der Waals surface area contributed by atoms with E-state index in [9.17, 15) is 10.1 Å². The van der Waals surface area contributed by atoms with Crippen LogP contribution in [0.5, 0.6) is 0 Å². The number of rotatable bonds is 3. The van der Waals surface area contributed by atoms with Gasteiger partial charge in [-0.1, -0.05) is 0 Å². The van der Waals surface area contributed by atoms with Gasteiger partial charge in [0.2, 0.25) is 0 Å². The van der Waals surface area contributed by atoms with Crippen molar-refractivity contribution in [3.63, 3.8) is 0 Å². The zero-order valence-electron chi connectivity index (χ0n) is 7.15. The SMILES string of the molecule is C=C(/C=C\C(N)=C(/C)C#N)[N+](=O)[O-]. The van der Waals surface area contributed by atoms with Gasteiger partial charge in [0.15, 0.2) is 0 Å². The molecule has 0 aliphatic rings. The zero-order valence-corrected chi connectivity index (χ0v) is 7.15. The Morgan fingerprint density at radius 2 is 2.23 bits per heavy atom. The van der Waals surface area contributed by atoms with Gasteiger partial charge >= 0.3 is 0 Å². The molecule has 0 fully saturated rings. The van der Waals surface area contributed by atoms with Crippen molar-refractivity contribution < 1.29 is 4.92 Å². The lowest BCUT2D eigenvalue weighted by Crippen LogP contribution is -1.98. The van der Waals surface area contributed by atoms with Gasteiger partial charge in [0.1, 0.15) is 0 Å². The predicted octanol–water partition coefficient (Wildman–Crippen LogP) is 1.09. The van der Waals surface area contributed by atoms with E-state index >= 15 is 0 Å². The van der Waals surface area contributed by atoms with Crippen LogP contribution in [0.15, 0.2) is 35.7 Å². The summed E-state index contributed by atoms with van der Waals surface area (Å²) in [5, 5.41) is 18.5.